The first kappa shape index (κ1) is 12.5. The second kappa shape index (κ2) is 5.56. The van der Waals surface area contributed by atoms with Crippen LogP contribution >= 0.6 is 11.8 Å². The van der Waals surface area contributed by atoms with Gasteiger partial charge in [0.2, 0.25) is 0 Å². The molecule has 18 heavy (non-hydrogen) atoms. The SMILES string of the molecule is N#Cc1cccc(CSc2ccc(N)cc2F)c1. The Morgan fingerprint density at radius 3 is 2.78 bits per heavy atom. The molecule has 0 heterocycles. The van der Waals surface area contributed by atoms with Gasteiger partial charge in [0, 0.05) is 16.3 Å². The first-order valence-corrected chi connectivity index (χ1v) is 6.34. The van der Waals surface area contributed by atoms with Gasteiger partial charge in [-0.3, -0.25) is 0 Å². The van der Waals surface area contributed by atoms with E-state index in [4.69, 9.17) is 11.0 Å². The van der Waals surface area contributed by atoms with E-state index in [2.05, 4.69) is 6.07 Å². The van der Waals surface area contributed by atoms with Crippen LogP contribution in [0.1, 0.15) is 11.1 Å². The number of nitriles is 1. The molecule has 0 fully saturated rings. The summed E-state index contributed by atoms with van der Waals surface area (Å²) in [6, 6.07) is 14.0. The van der Waals surface area contributed by atoms with Crippen LogP contribution in [0, 0.1) is 17.1 Å². The van der Waals surface area contributed by atoms with Crippen molar-refractivity contribution in [2.75, 3.05) is 5.73 Å². The van der Waals surface area contributed by atoms with E-state index in [1.54, 1.807) is 18.2 Å². The average molecular weight is 258 g/mol. The van der Waals surface area contributed by atoms with Crippen molar-refractivity contribution >= 4 is 17.4 Å². The van der Waals surface area contributed by atoms with Crippen molar-refractivity contribution in [3.63, 3.8) is 0 Å². The molecule has 90 valence electrons. The predicted octanol–water partition coefficient (Wildman–Crippen LogP) is 3.57. The molecule has 0 bridgehead atoms. The fourth-order valence-corrected chi connectivity index (χ4v) is 2.39. The molecule has 2 rings (SSSR count). The summed E-state index contributed by atoms with van der Waals surface area (Å²) >= 11 is 1.39. The highest BCUT2D eigenvalue weighted by Gasteiger charge is 2.04. The molecule has 0 atom stereocenters. The Morgan fingerprint density at radius 1 is 1.22 bits per heavy atom. The highest BCUT2D eigenvalue weighted by atomic mass is 32.2. The van der Waals surface area contributed by atoms with Gasteiger partial charge in [-0.05, 0) is 35.9 Å². The number of hydrogen-bond acceptors (Lipinski definition) is 3. The maximum absolute atomic E-state index is 13.5. The Labute approximate surface area is 109 Å². The fraction of sp³-hybridized carbons (Fsp3) is 0.0714. The molecule has 2 aromatic carbocycles. The van der Waals surface area contributed by atoms with E-state index >= 15 is 0 Å². The van der Waals surface area contributed by atoms with Crippen LogP contribution in [0.5, 0.6) is 0 Å². The third-order valence-electron chi connectivity index (χ3n) is 2.41. The molecule has 0 saturated carbocycles. The molecule has 0 radical (unpaired) electrons. The Morgan fingerprint density at radius 2 is 2.06 bits per heavy atom. The van der Waals surface area contributed by atoms with Gasteiger partial charge >= 0.3 is 0 Å². The van der Waals surface area contributed by atoms with Crippen LogP contribution in [0.4, 0.5) is 10.1 Å². The minimum absolute atomic E-state index is 0.309. The lowest BCUT2D eigenvalue weighted by Crippen LogP contribution is -1.89. The lowest BCUT2D eigenvalue weighted by atomic mass is 10.2. The van der Waals surface area contributed by atoms with Gasteiger partial charge in [-0.15, -0.1) is 11.8 Å². The number of anilines is 1. The number of nitrogen functional groups attached to an aromatic ring is 1. The second-order valence-corrected chi connectivity index (χ2v) is 4.81. The topological polar surface area (TPSA) is 49.8 Å². The molecule has 0 spiro atoms. The number of rotatable bonds is 3. The number of thioether (sulfide) groups is 1. The first-order valence-electron chi connectivity index (χ1n) is 5.36. The maximum Gasteiger partial charge on any atom is 0.138 e. The molecule has 0 saturated heterocycles. The van der Waals surface area contributed by atoms with Crippen LogP contribution in [-0.2, 0) is 5.75 Å². The summed E-state index contributed by atoms with van der Waals surface area (Å²) in [5, 5.41) is 8.79. The summed E-state index contributed by atoms with van der Waals surface area (Å²) in [7, 11) is 0. The summed E-state index contributed by atoms with van der Waals surface area (Å²) in [6.07, 6.45) is 0. The van der Waals surface area contributed by atoms with Gasteiger partial charge in [-0.1, -0.05) is 12.1 Å². The maximum atomic E-state index is 13.5. The number of benzene rings is 2. The third kappa shape index (κ3) is 3.02. The van der Waals surface area contributed by atoms with E-state index in [-0.39, 0.29) is 5.82 Å². The molecule has 0 aliphatic heterocycles. The van der Waals surface area contributed by atoms with Crippen LogP contribution in [0.15, 0.2) is 47.4 Å². The Bertz CT molecular complexity index is 605. The first-order chi connectivity index (χ1) is 8.69. The van der Waals surface area contributed by atoms with Gasteiger partial charge in [-0.2, -0.15) is 5.26 Å². The summed E-state index contributed by atoms with van der Waals surface area (Å²) in [5.41, 5.74) is 7.52. The molecule has 4 heteroatoms. The molecule has 2 nitrogen and oxygen atoms in total. The molecular weight excluding hydrogens is 247 g/mol. The second-order valence-electron chi connectivity index (χ2n) is 3.79. The lowest BCUT2D eigenvalue weighted by molar-refractivity contribution is 0.603. The van der Waals surface area contributed by atoms with Gasteiger partial charge in [-0.25, -0.2) is 4.39 Å². The summed E-state index contributed by atoms with van der Waals surface area (Å²) in [4.78, 5) is 0.562. The molecule has 0 aromatic heterocycles. The van der Waals surface area contributed by atoms with Crippen molar-refractivity contribution in [1.29, 1.82) is 5.26 Å². The number of hydrogen-bond donors (Lipinski definition) is 1. The van der Waals surface area contributed by atoms with Gasteiger partial charge in [0.1, 0.15) is 5.82 Å². The number of nitrogens with two attached hydrogens (primary N) is 1. The zero-order valence-electron chi connectivity index (χ0n) is 9.56. The molecule has 0 aliphatic rings. The van der Waals surface area contributed by atoms with Crippen LogP contribution in [0.2, 0.25) is 0 Å². The fourth-order valence-electron chi connectivity index (χ4n) is 1.53. The lowest BCUT2D eigenvalue weighted by Gasteiger charge is -2.04. The number of nitrogens with zero attached hydrogens (tertiary/aromatic N) is 1. The van der Waals surface area contributed by atoms with Crippen LogP contribution < -0.4 is 5.73 Å². The van der Waals surface area contributed by atoms with E-state index < -0.39 is 0 Å². The molecule has 0 unspecified atom stereocenters. The zero-order chi connectivity index (χ0) is 13.0. The smallest absolute Gasteiger partial charge is 0.138 e. The zero-order valence-corrected chi connectivity index (χ0v) is 10.4. The van der Waals surface area contributed by atoms with Crippen molar-refractivity contribution in [3.05, 3.63) is 59.4 Å². The van der Waals surface area contributed by atoms with E-state index in [1.165, 1.54) is 17.8 Å². The monoisotopic (exact) mass is 258 g/mol. The Balaban J connectivity index is 2.09. The standard InChI is InChI=1S/C14H11FN2S/c15-13-7-12(17)4-5-14(13)18-9-11-3-1-2-10(6-11)8-16/h1-7H,9,17H2. The van der Waals surface area contributed by atoms with Crippen LogP contribution in [0.3, 0.4) is 0 Å². The summed E-state index contributed by atoms with van der Waals surface area (Å²) < 4.78 is 13.5. The van der Waals surface area contributed by atoms with Crippen molar-refractivity contribution in [1.82, 2.24) is 0 Å². The van der Waals surface area contributed by atoms with Gasteiger partial charge in [0.15, 0.2) is 0 Å². The Hall–Kier alpha value is -1.99. The van der Waals surface area contributed by atoms with E-state index in [0.29, 0.717) is 21.9 Å². The molecule has 0 amide bonds. The predicted molar refractivity (Wildman–Crippen MR) is 71.5 cm³/mol. The quantitative estimate of drug-likeness (QED) is 0.676. The summed E-state index contributed by atoms with van der Waals surface area (Å²) in [6.45, 7) is 0. The van der Waals surface area contributed by atoms with E-state index in [9.17, 15) is 4.39 Å². The third-order valence-corrected chi connectivity index (χ3v) is 3.53. The van der Waals surface area contributed by atoms with Crippen LogP contribution in [0.25, 0.3) is 0 Å². The Kier molecular flexibility index (Phi) is 3.85. The van der Waals surface area contributed by atoms with Crippen molar-refractivity contribution < 1.29 is 4.39 Å². The molecule has 2 aromatic rings. The van der Waals surface area contributed by atoms with Crippen molar-refractivity contribution in [2.24, 2.45) is 0 Å². The van der Waals surface area contributed by atoms with Crippen molar-refractivity contribution in [3.8, 4) is 6.07 Å². The van der Waals surface area contributed by atoms with Gasteiger partial charge in [0.25, 0.3) is 0 Å². The highest BCUT2D eigenvalue weighted by molar-refractivity contribution is 7.98. The highest BCUT2D eigenvalue weighted by Crippen LogP contribution is 2.26. The molecule has 0 aliphatic carbocycles. The molecular formula is C14H11FN2S. The van der Waals surface area contributed by atoms with Crippen LogP contribution in [-0.4, -0.2) is 0 Å². The van der Waals surface area contributed by atoms with Gasteiger partial charge in [0.05, 0.1) is 11.6 Å². The van der Waals surface area contributed by atoms with E-state index in [1.807, 2.05) is 18.2 Å². The minimum atomic E-state index is -0.309. The number of halogens is 1. The van der Waals surface area contributed by atoms with Gasteiger partial charge < -0.3 is 5.73 Å². The van der Waals surface area contributed by atoms with E-state index in [0.717, 1.165) is 5.56 Å². The minimum Gasteiger partial charge on any atom is -0.399 e. The average Bonchev–Trinajstić information content (AvgIpc) is 2.38. The normalized spacial score (nSPS) is 10.0. The summed E-state index contributed by atoms with van der Waals surface area (Å²) in [5.74, 6) is 0.313. The molecule has 2 N–H and O–H groups in total. The largest absolute Gasteiger partial charge is 0.399 e. The van der Waals surface area contributed by atoms with Crippen molar-refractivity contribution in [2.45, 2.75) is 10.6 Å².